The van der Waals surface area contributed by atoms with Crippen molar-refractivity contribution in [1.82, 2.24) is 14.9 Å². The van der Waals surface area contributed by atoms with E-state index >= 15 is 0 Å². The average Bonchev–Trinajstić information content (AvgIpc) is 2.58. The summed E-state index contributed by atoms with van der Waals surface area (Å²) in [4.78, 5) is 26.8. The molecule has 7 heteroatoms. The molecule has 7 nitrogen and oxygen atoms in total. The largest absolute Gasteiger partial charge is 0.384 e. The molecule has 0 unspecified atom stereocenters. The first-order valence-electron chi connectivity index (χ1n) is 8.22. The molecule has 2 saturated heterocycles. The Hall–Kier alpha value is -1.89. The third kappa shape index (κ3) is 3.72. The van der Waals surface area contributed by atoms with Crippen molar-refractivity contribution < 1.29 is 9.53 Å². The van der Waals surface area contributed by atoms with Gasteiger partial charge in [0.25, 0.3) is 0 Å². The summed E-state index contributed by atoms with van der Waals surface area (Å²) in [5.41, 5.74) is 0. The summed E-state index contributed by atoms with van der Waals surface area (Å²) in [6, 6.07) is 2.01. The quantitative estimate of drug-likeness (QED) is 0.811. The first kappa shape index (κ1) is 16.0. The Morgan fingerprint density at radius 2 is 1.83 bits per heavy atom. The molecule has 126 valence electrons. The van der Waals surface area contributed by atoms with Gasteiger partial charge < -0.3 is 19.4 Å². The van der Waals surface area contributed by atoms with Crippen LogP contribution in [0.1, 0.15) is 12.8 Å². The van der Waals surface area contributed by atoms with Crippen LogP contribution >= 0.6 is 0 Å². The highest BCUT2D eigenvalue weighted by molar-refractivity contribution is 5.82. The standard InChI is InChI=1S/C16H25N5O2/c1-19-7-8-21(10-16(19)22)15-9-14(17-12-18-15)20-5-3-13(4-6-20)11-23-2/h9,12-13H,3-8,10-11H2,1-2H3. The number of carbonyl (C=O) groups is 1. The van der Waals surface area contributed by atoms with Crippen molar-refractivity contribution in [2.24, 2.45) is 5.92 Å². The number of methoxy groups -OCH3 is 1. The number of hydrogen-bond donors (Lipinski definition) is 0. The monoisotopic (exact) mass is 319 g/mol. The van der Waals surface area contributed by atoms with Gasteiger partial charge in [0.1, 0.15) is 18.0 Å². The maximum absolute atomic E-state index is 11.9. The Labute approximate surface area is 137 Å². The molecule has 0 saturated carbocycles. The summed E-state index contributed by atoms with van der Waals surface area (Å²) in [5, 5.41) is 0. The molecule has 23 heavy (non-hydrogen) atoms. The third-order valence-electron chi connectivity index (χ3n) is 4.76. The van der Waals surface area contributed by atoms with Gasteiger partial charge >= 0.3 is 0 Å². The molecule has 2 fully saturated rings. The van der Waals surface area contributed by atoms with Crippen LogP contribution in [0.5, 0.6) is 0 Å². The number of nitrogens with zero attached hydrogens (tertiary/aromatic N) is 5. The minimum absolute atomic E-state index is 0.136. The maximum atomic E-state index is 11.9. The lowest BCUT2D eigenvalue weighted by molar-refractivity contribution is -0.129. The molecule has 1 amide bonds. The van der Waals surface area contributed by atoms with E-state index < -0.39 is 0 Å². The van der Waals surface area contributed by atoms with Crippen molar-refractivity contribution in [3.05, 3.63) is 12.4 Å². The van der Waals surface area contributed by atoms with Gasteiger partial charge in [-0.3, -0.25) is 4.79 Å². The van der Waals surface area contributed by atoms with Gasteiger partial charge in [-0.2, -0.15) is 0 Å². The van der Waals surface area contributed by atoms with Crippen LogP contribution in [0.15, 0.2) is 12.4 Å². The normalized spacial score (nSPS) is 20.3. The van der Waals surface area contributed by atoms with Gasteiger partial charge in [0.05, 0.1) is 6.54 Å². The Morgan fingerprint density at radius 3 is 2.48 bits per heavy atom. The Morgan fingerprint density at radius 1 is 1.13 bits per heavy atom. The number of amides is 1. The molecule has 3 heterocycles. The second-order valence-corrected chi connectivity index (χ2v) is 6.36. The van der Waals surface area contributed by atoms with Crippen LogP contribution in [-0.4, -0.2) is 74.3 Å². The number of ether oxygens (including phenoxy) is 1. The number of likely N-dealkylation sites (N-methyl/N-ethyl adjacent to an activating group) is 1. The first-order valence-corrected chi connectivity index (χ1v) is 8.22. The summed E-state index contributed by atoms with van der Waals surface area (Å²) in [6.07, 6.45) is 3.86. The van der Waals surface area contributed by atoms with Gasteiger partial charge in [0.2, 0.25) is 5.91 Å². The van der Waals surface area contributed by atoms with Crippen molar-refractivity contribution in [3.63, 3.8) is 0 Å². The van der Waals surface area contributed by atoms with E-state index in [4.69, 9.17) is 4.74 Å². The van der Waals surface area contributed by atoms with E-state index in [0.29, 0.717) is 12.5 Å². The van der Waals surface area contributed by atoms with Crippen LogP contribution in [0.4, 0.5) is 11.6 Å². The van der Waals surface area contributed by atoms with Gasteiger partial charge in [-0.25, -0.2) is 9.97 Å². The van der Waals surface area contributed by atoms with E-state index in [0.717, 1.165) is 57.3 Å². The number of carbonyl (C=O) groups excluding carboxylic acids is 1. The third-order valence-corrected chi connectivity index (χ3v) is 4.76. The summed E-state index contributed by atoms with van der Waals surface area (Å²) in [5.74, 6) is 2.58. The molecule has 1 aromatic rings. The van der Waals surface area contributed by atoms with Crippen LogP contribution in [0, 0.1) is 5.92 Å². The number of aromatic nitrogens is 2. The summed E-state index contributed by atoms with van der Waals surface area (Å²) >= 11 is 0. The number of rotatable bonds is 4. The van der Waals surface area contributed by atoms with E-state index in [1.165, 1.54) is 0 Å². The zero-order chi connectivity index (χ0) is 16.2. The molecule has 0 N–H and O–H groups in total. The van der Waals surface area contributed by atoms with E-state index in [1.807, 2.05) is 18.0 Å². The summed E-state index contributed by atoms with van der Waals surface area (Å²) in [6.45, 7) is 4.77. The fraction of sp³-hybridized carbons (Fsp3) is 0.688. The predicted molar refractivity (Wildman–Crippen MR) is 88.7 cm³/mol. The topological polar surface area (TPSA) is 61.8 Å². The van der Waals surface area contributed by atoms with Gasteiger partial charge in [-0.05, 0) is 18.8 Å². The molecule has 0 spiro atoms. The minimum atomic E-state index is 0.136. The molecular weight excluding hydrogens is 294 g/mol. The molecular formula is C16H25N5O2. The van der Waals surface area contributed by atoms with Crippen molar-refractivity contribution in [1.29, 1.82) is 0 Å². The fourth-order valence-electron chi connectivity index (χ4n) is 3.20. The van der Waals surface area contributed by atoms with Gasteiger partial charge in [-0.1, -0.05) is 0 Å². The number of anilines is 2. The zero-order valence-corrected chi connectivity index (χ0v) is 13.9. The molecule has 0 bridgehead atoms. The molecule has 0 aromatic carbocycles. The van der Waals surface area contributed by atoms with Crippen LogP contribution in [0.2, 0.25) is 0 Å². The summed E-state index contributed by atoms with van der Waals surface area (Å²) in [7, 11) is 3.61. The van der Waals surface area contributed by atoms with Crippen molar-refractivity contribution in [3.8, 4) is 0 Å². The molecule has 0 radical (unpaired) electrons. The highest BCUT2D eigenvalue weighted by atomic mass is 16.5. The lowest BCUT2D eigenvalue weighted by Crippen LogP contribution is -2.48. The molecule has 1 aromatic heterocycles. The molecule has 0 atom stereocenters. The van der Waals surface area contributed by atoms with Crippen LogP contribution in [0.25, 0.3) is 0 Å². The second-order valence-electron chi connectivity index (χ2n) is 6.36. The first-order chi connectivity index (χ1) is 11.2. The predicted octanol–water partition coefficient (Wildman–Crippen LogP) is 0.618. The zero-order valence-electron chi connectivity index (χ0n) is 13.9. The Bertz CT molecular complexity index is 545. The average molecular weight is 319 g/mol. The van der Waals surface area contributed by atoms with Crippen molar-refractivity contribution in [2.75, 3.05) is 63.3 Å². The van der Waals surface area contributed by atoms with Crippen LogP contribution < -0.4 is 9.80 Å². The fourth-order valence-corrected chi connectivity index (χ4v) is 3.20. The van der Waals surface area contributed by atoms with E-state index in [9.17, 15) is 4.79 Å². The number of hydrogen-bond acceptors (Lipinski definition) is 6. The Balaban J connectivity index is 1.65. The lowest BCUT2D eigenvalue weighted by atomic mass is 9.98. The summed E-state index contributed by atoms with van der Waals surface area (Å²) < 4.78 is 5.25. The molecule has 2 aliphatic heterocycles. The van der Waals surface area contributed by atoms with Crippen LogP contribution in [-0.2, 0) is 9.53 Å². The van der Waals surface area contributed by atoms with Gasteiger partial charge in [-0.15, -0.1) is 0 Å². The SMILES string of the molecule is COCC1CCN(c2cc(N3CCN(C)C(=O)C3)ncn2)CC1. The maximum Gasteiger partial charge on any atom is 0.241 e. The Kier molecular flexibility index (Phi) is 4.95. The molecule has 0 aliphatic carbocycles. The minimum Gasteiger partial charge on any atom is -0.384 e. The van der Waals surface area contributed by atoms with Crippen LogP contribution in [0.3, 0.4) is 0 Å². The highest BCUT2D eigenvalue weighted by Crippen LogP contribution is 2.24. The van der Waals surface area contributed by atoms with E-state index in [1.54, 1.807) is 18.3 Å². The second kappa shape index (κ2) is 7.12. The van der Waals surface area contributed by atoms with Crippen molar-refractivity contribution >= 4 is 17.5 Å². The van der Waals surface area contributed by atoms with Crippen molar-refractivity contribution in [2.45, 2.75) is 12.8 Å². The molecule has 2 aliphatic rings. The van der Waals surface area contributed by atoms with E-state index in [2.05, 4.69) is 14.9 Å². The van der Waals surface area contributed by atoms with Gasteiger partial charge in [0, 0.05) is 53.0 Å². The smallest absolute Gasteiger partial charge is 0.241 e. The number of piperidine rings is 1. The van der Waals surface area contributed by atoms with E-state index in [-0.39, 0.29) is 5.91 Å². The van der Waals surface area contributed by atoms with Gasteiger partial charge in [0.15, 0.2) is 0 Å². The number of piperazine rings is 1. The molecule has 3 rings (SSSR count). The highest BCUT2D eigenvalue weighted by Gasteiger charge is 2.24. The lowest BCUT2D eigenvalue weighted by Gasteiger charge is -2.34.